The fourth-order valence-corrected chi connectivity index (χ4v) is 0.832. The van der Waals surface area contributed by atoms with Crippen molar-refractivity contribution < 1.29 is 9.53 Å². The van der Waals surface area contributed by atoms with Gasteiger partial charge in [0.25, 0.3) is 0 Å². The van der Waals surface area contributed by atoms with Crippen molar-refractivity contribution in [3.05, 3.63) is 12.7 Å². The SMILES string of the molecule is C=CC(=O)OCCCCCCN. The number of hydrogen-bond donors (Lipinski definition) is 1. The van der Waals surface area contributed by atoms with Gasteiger partial charge in [-0.2, -0.15) is 0 Å². The summed E-state index contributed by atoms with van der Waals surface area (Å²) >= 11 is 0. The van der Waals surface area contributed by atoms with E-state index in [1.54, 1.807) is 0 Å². The summed E-state index contributed by atoms with van der Waals surface area (Å²) in [6.07, 6.45) is 5.33. The molecule has 0 atom stereocenters. The molecule has 0 aromatic carbocycles. The molecular formula is C9H17NO2. The zero-order chi connectivity index (χ0) is 9.23. The van der Waals surface area contributed by atoms with Crippen LogP contribution in [0.25, 0.3) is 0 Å². The predicted molar refractivity (Wildman–Crippen MR) is 48.7 cm³/mol. The van der Waals surface area contributed by atoms with Gasteiger partial charge in [0, 0.05) is 6.08 Å². The summed E-state index contributed by atoms with van der Waals surface area (Å²) in [6, 6.07) is 0. The van der Waals surface area contributed by atoms with Crippen molar-refractivity contribution in [2.45, 2.75) is 25.7 Å². The van der Waals surface area contributed by atoms with E-state index in [2.05, 4.69) is 6.58 Å². The van der Waals surface area contributed by atoms with Crippen LogP contribution in [0.3, 0.4) is 0 Å². The Morgan fingerprint density at radius 3 is 2.58 bits per heavy atom. The number of ether oxygens (including phenoxy) is 1. The zero-order valence-electron chi connectivity index (χ0n) is 7.42. The topological polar surface area (TPSA) is 52.3 Å². The summed E-state index contributed by atoms with van der Waals surface area (Å²) in [7, 11) is 0. The third-order valence-electron chi connectivity index (χ3n) is 1.51. The summed E-state index contributed by atoms with van der Waals surface area (Å²) in [5.41, 5.74) is 5.31. The normalized spacial score (nSPS) is 9.42. The minimum atomic E-state index is -0.339. The van der Waals surface area contributed by atoms with E-state index >= 15 is 0 Å². The lowest BCUT2D eigenvalue weighted by Gasteiger charge is -2.00. The van der Waals surface area contributed by atoms with Crippen LogP contribution in [0, 0.1) is 0 Å². The molecular weight excluding hydrogens is 154 g/mol. The van der Waals surface area contributed by atoms with Gasteiger partial charge in [0.1, 0.15) is 0 Å². The molecule has 0 aliphatic rings. The van der Waals surface area contributed by atoms with Gasteiger partial charge in [-0.15, -0.1) is 0 Å². The number of hydrogen-bond acceptors (Lipinski definition) is 3. The second kappa shape index (κ2) is 8.27. The van der Waals surface area contributed by atoms with Gasteiger partial charge < -0.3 is 10.5 Å². The number of nitrogens with two attached hydrogens (primary N) is 1. The minimum absolute atomic E-state index is 0.339. The van der Waals surface area contributed by atoms with Gasteiger partial charge in [-0.1, -0.05) is 19.4 Å². The highest BCUT2D eigenvalue weighted by Crippen LogP contribution is 1.98. The fourth-order valence-electron chi connectivity index (χ4n) is 0.832. The molecule has 0 spiro atoms. The van der Waals surface area contributed by atoms with E-state index in [4.69, 9.17) is 10.5 Å². The lowest BCUT2D eigenvalue weighted by molar-refractivity contribution is -0.137. The molecule has 0 rings (SSSR count). The molecule has 0 aliphatic carbocycles. The number of esters is 1. The van der Waals surface area contributed by atoms with Crippen molar-refractivity contribution in [1.29, 1.82) is 0 Å². The summed E-state index contributed by atoms with van der Waals surface area (Å²) in [5.74, 6) is -0.339. The van der Waals surface area contributed by atoms with Gasteiger partial charge in [0.2, 0.25) is 0 Å². The van der Waals surface area contributed by atoms with Gasteiger partial charge >= 0.3 is 5.97 Å². The van der Waals surface area contributed by atoms with Crippen molar-refractivity contribution in [2.75, 3.05) is 13.2 Å². The fraction of sp³-hybridized carbons (Fsp3) is 0.667. The minimum Gasteiger partial charge on any atom is -0.463 e. The molecule has 0 bridgehead atoms. The maximum atomic E-state index is 10.5. The van der Waals surface area contributed by atoms with Crippen molar-refractivity contribution in [3.8, 4) is 0 Å². The van der Waals surface area contributed by atoms with Crippen LogP contribution in [0.4, 0.5) is 0 Å². The smallest absolute Gasteiger partial charge is 0.330 e. The third kappa shape index (κ3) is 7.28. The number of rotatable bonds is 7. The molecule has 0 aromatic heterocycles. The zero-order valence-corrected chi connectivity index (χ0v) is 7.42. The van der Waals surface area contributed by atoms with E-state index in [9.17, 15) is 4.79 Å². The Kier molecular flexibility index (Phi) is 7.70. The highest BCUT2D eigenvalue weighted by molar-refractivity contribution is 5.81. The van der Waals surface area contributed by atoms with Crippen LogP contribution in [0.1, 0.15) is 25.7 Å². The van der Waals surface area contributed by atoms with Crippen molar-refractivity contribution in [3.63, 3.8) is 0 Å². The van der Waals surface area contributed by atoms with E-state index in [0.717, 1.165) is 32.2 Å². The Morgan fingerprint density at radius 1 is 1.33 bits per heavy atom. The second-order valence-electron chi connectivity index (χ2n) is 2.57. The third-order valence-corrected chi connectivity index (χ3v) is 1.51. The number of carbonyl (C=O) groups excluding carboxylic acids is 1. The van der Waals surface area contributed by atoms with Gasteiger partial charge in [0.15, 0.2) is 0 Å². The summed E-state index contributed by atoms with van der Waals surface area (Å²) in [4.78, 5) is 10.5. The molecule has 0 aliphatic heterocycles. The standard InChI is InChI=1S/C9H17NO2/c1-2-9(11)12-8-6-4-3-5-7-10/h2H,1,3-8,10H2. The van der Waals surface area contributed by atoms with E-state index in [-0.39, 0.29) is 5.97 Å². The van der Waals surface area contributed by atoms with E-state index in [1.165, 1.54) is 6.08 Å². The Morgan fingerprint density at radius 2 is 2.00 bits per heavy atom. The lowest BCUT2D eigenvalue weighted by Crippen LogP contribution is -2.02. The van der Waals surface area contributed by atoms with E-state index in [0.29, 0.717) is 6.61 Å². The molecule has 0 heterocycles. The Balaban J connectivity index is 3.00. The molecule has 0 fully saturated rings. The summed E-state index contributed by atoms with van der Waals surface area (Å²) in [6.45, 7) is 4.54. The molecule has 0 unspecified atom stereocenters. The van der Waals surface area contributed by atoms with Crippen LogP contribution < -0.4 is 5.73 Å². The van der Waals surface area contributed by atoms with Crippen LogP contribution in [-0.2, 0) is 9.53 Å². The molecule has 12 heavy (non-hydrogen) atoms. The first-order chi connectivity index (χ1) is 5.81. The molecule has 0 amide bonds. The van der Waals surface area contributed by atoms with Crippen LogP contribution >= 0.6 is 0 Å². The number of carbonyl (C=O) groups is 1. The Hall–Kier alpha value is -0.830. The van der Waals surface area contributed by atoms with Gasteiger partial charge in [-0.25, -0.2) is 4.79 Å². The summed E-state index contributed by atoms with van der Waals surface area (Å²) in [5, 5.41) is 0. The Bertz CT molecular complexity index is 134. The molecule has 3 heteroatoms. The van der Waals surface area contributed by atoms with Crippen LogP contribution in [0.2, 0.25) is 0 Å². The first kappa shape index (κ1) is 11.2. The second-order valence-corrected chi connectivity index (χ2v) is 2.57. The first-order valence-corrected chi connectivity index (χ1v) is 4.30. The van der Waals surface area contributed by atoms with Crippen molar-refractivity contribution in [1.82, 2.24) is 0 Å². The largest absolute Gasteiger partial charge is 0.463 e. The maximum absolute atomic E-state index is 10.5. The van der Waals surface area contributed by atoms with Crippen LogP contribution in [0.15, 0.2) is 12.7 Å². The highest BCUT2D eigenvalue weighted by atomic mass is 16.5. The molecule has 3 nitrogen and oxygen atoms in total. The number of unbranched alkanes of at least 4 members (excludes halogenated alkanes) is 3. The predicted octanol–water partition coefficient (Wildman–Crippen LogP) is 1.23. The van der Waals surface area contributed by atoms with Gasteiger partial charge in [0.05, 0.1) is 6.61 Å². The molecule has 0 aromatic rings. The van der Waals surface area contributed by atoms with Crippen LogP contribution in [0.5, 0.6) is 0 Å². The van der Waals surface area contributed by atoms with Gasteiger partial charge in [-0.3, -0.25) is 0 Å². The maximum Gasteiger partial charge on any atom is 0.330 e. The highest BCUT2D eigenvalue weighted by Gasteiger charge is 1.94. The summed E-state index contributed by atoms with van der Waals surface area (Å²) < 4.78 is 4.78. The van der Waals surface area contributed by atoms with E-state index < -0.39 is 0 Å². The van der Waals surface area contributed by atoms with Crippen molar-refractivity contribution >= 4 is 5.97 Å². The molecule has 0 radical (unpaired) electrons. The average molecular weight is 171 g/mol. The lowest BCUT2D eigenvalue weighted by atomic mass is 10.2. The quantitative estimate of drug-likeness (QED) is 0.356. The molecule has 70 valence electrons. The molecule has 0 saturated heterocycles. The van der Waals surface area contributed by atoms with E-state index in [1.807, 2.05) is 0 Å². The molecule has 2 N–H and O–H groups in total. The van der Waals surface area contributed by atoms with Crippen LogP contribution in [-0.4, -0.2) is 19.1 Å². The monoisotopic (exact) mass is 171 g/mol. The first-order valence-electron chi connectivity index (χ1n) is 4.30. The van der Waals surface area contributed by atoms with Crippen molar-refractivity contribution in [2.24, 2.45) is 5.73 Å². The Labute approximate surface area is 73.6 Å². The average Bonchev–Trinajstić information content (AvgIpc) is 2.10. The van der Waals surface area contributed by atoms with Gasteiger partial charge in [-0.05, 0) is 19.4 Å². The molecule has 0 saturated carbocycles.